The highest BCUT2D eigenvalue weighted by Crippen LogP contribution is 2.13. The van der Waals surface area contributed by atoms with Crippen LogP contribution in [0.4, 0.5) is 0 Å². The molecule has 0 aliphatic rings. The zero-order valence-corrected chi connectivity index (χ0v) is 39.2. The Kier molecular flexibility index (Phi) is 46.0. The van der Waals surface area contributed by atoms with E-state index in [9.17, 15) is 14.4 Å². The molecule has 0 bridgehead atoms. The minimum atomic E-state index is -0.799. The van der Waals surface area contributed by atoms with Crippen LogP contribution in [0, 0.1) is 0 Å². The van der Waals surface area contributed by atoms with E-state index in [1.807, 2.05) is 0 Å². The van der Waals surface area contributed by atoms with Crippen molar-refractivity contribution >= 4 is 17.9 Å². The van der Waals surface area contributed by atoms with E-state index in [2.05, 4.69) is 93.7 Å². The topological polar surface area (TPSA) is 78.9 Å². The van der Waals surface area contributed by atoms with Crippen molar-refractivity contribution in [3.8, 4) is 0 Å². The Hall–Kier alpha value is -3.15. The molecule has 0 saturated heterocycles. The lowest BCUT2D eigenvalue weighted by molar-refractivity contribution is -0.167. The molecule has 0 aliphatic carbocycles. The van der Waals surface area contributed by atoms with Crippen LogP contribution in [0.15, 0.2) is 72.9 Å². The Morgan fingerprint density at radius 2 is 0.667 bits per heavy atom. The minimum absolute atomic E-state index is 0.0957. The summed E-state index contributed by atoms with van der Waals surface area (Å²) in [6.07, 6.45) is 60.4. The van der Waals surface area contributed by atoms with Crippen LogP contribution in [0.25, 0.3) is 0 Å². The smallest absolute Gasteiger partial charge is 0.306 e. The Labute approximate surface area is 370 Å². The lowest BCUT2D eigenvalue weighted by atomic mass is 10.1. The Bertz CT molecular complexity index is 1140. The van der Waals surface area contributed by atoms with Gasteiger partial charge in [-0.3, -0.25) is 14.4 Å². The van der Waals surface area contributed by atoms with Gasteiger partial charge in [0.1, 0.15) is 13.2 Å². The summed E-state index contributed by atoms with van der Waals surface area (Å²) in [7, 11) is 0. The molecule has 1 atom stereocenters. The van der Waals surface area contributed by atoms with Crippen molar-refractivity contribution in [3.63, 3.8) is 0 Å². The highest BCUT2D eigenvalue weighted by Gasteiger charge is 2.19. The maximum absolute atomic E-state index is 12.8. The average molecular weight is 837 g/mol. The van der Waals surface area contributed by atoms with Gasteiger partial charge < -0.3 is 14.2 Å². The van der Waals surface area contributed by atoms with E-state index in [-0.39, 0.29) is 37.5 Å². The second-order valence-corrected chi connectivity index (χ2v) is 16.3. The van der Waals surface area contributed by atoms with Gasteiger partial charge in [0.2, 0.25) is 0 Å². The van der Waals surface area contributed by atoms with E-state index in [1.54, 1.807) is 0 Å². The summed E-state index contributed by atoms with van der Waals surface area (Å²) in [6.45, 7) is 6.44. The largest absolute Gasteiger partial charge is 0.462 e. The molecule has 0 rings (SSSR count). The summed E-state index contributed by atoms with van der Waals surface area (Å²) < 4.78 is 16.7. The molecule has 0 spiro atoms. The molecule has 344 valence electrons. The van der Waals surface area contributed by atoms with Gasteiger partial charge in [-0.2, -0.15) is 0 Å². The van der Waals surface area contributed by atoms with Crippen LogP contribution >= 0.6 is 0 Å². The van der Waals surface area contributed by atoms with E-state index in [0.717, 1.165) is 89.9 Å². The number of rotatable bonds is 44. The predicted molar refractivity (Wildman–Crippen MR) is 256 cm³/mol. The molecule has 0 aliphatic heterocycles. The van der Waals surface area contributed by atoms with E-state index in [4.69, 9.17) is 14.2 Å². The fourth-order valence-electron chi connectivity index (χ4n) is 6.71. The molecule has 0 amide bonds. The predicted octanol–water partition coefficient (Wildman–Crippen LogP) is 16.3. The lowest BCUT2D eigenvalue weighted by Crippen LogP contribution is -2.30. The number of allylic oxidation sites excluding steroid dienone is 12. The van der Waals surface area contributed by atoms with Gasteiger partial charge in [-0.05, 0) is 83.5 Å². The lowest BCUT2D eigenvalue weighted by Gasteiger charge is -2.18. The van der Waals surface area contributed by atoms with Gasteiger partial charge in [0.15, 0.2) is 6.10 Å². The van der Waals surface area contributed by atoms with Crippen LogP contribution in [0.5, 0.6) is 0 Å². The van der Waals surface area contributed by atoms with Crippen LogP contribution in [0.3, 0.4) is 0 Å². The summed E-state index contributed by atoms with van der Waals surface area (Å²) >= 11 is 0. The van der Waals surface area contributed by atoms with Crippen LogP contribution < -0.4 is 0 Å². The highest BCUT2D eigenvalue weighted by atomic mass is 16.6. The standard InChI is InChI=1S/C54H92O6/c1-4-7-10-13-16-19-21-23-25-27-29-30-32-35-38-41-44-47-53(56)59-50-51(49-58-52(55)46-43-40-37-34-18-15-12-9-6-3)60-54(57)48-45-42-39-36-33-31-28-26-24-22-20-17-14-11-8-5-2/h8,11,17,20,23-26,29-30,35,38,51H,4-7,9-10,12-16,18-19,21-22,27-28,31-34,36-37,39-50H2,1-3H3/b11-8-,20-17-,25-23-,26-24-,30-29-,38-35-. The summed E-state index contributed by atoms with van der Waals surface area (Å²) in [5.74, 6) is -0.967. The minimum Gasteiger partial charge on any atom is -0.462 e. The first-order chi connectivity index (χ1) is 29.5. The molecule has 0 radical (unpaired) electrons. The number of carbonyl (C=O) groups is 3. The van der Waals surface area contributed by atoms with Gasteiger partial charge in [-0.15, -0.1) is 0 Å². The van der Waals surface area contributed by atoms with E-state index < -0.39 is 6.10 Å². The Balaban J connectivity index is 4.44. The number of hydrogen-bond donors (Lipinski definition) is 0. The summed E-state index contributed by atoms with van der Waals surface area (Å²) in [4.78, 5) is 37.8. The molecule has 0 aromatic rings. The zero-order chi connectivity index (χ0) is 43.7. The normalized spacial score (nSPS) is 12.7. The van der Waals surface area contributed by atoms with Gasteiger partial charge in [-0.1, -0.05) is 203 Å². The highest BCUT2D eigenvalue weighted by molar-refractivity contribution is 5.71. The molecule has 0 aromatic carbocycles. The molecule has 6 nitrogen and oxygen atoms in total. The summed E-state index contributed by atoms with van der Waals surface area (Å²) in [5.41, 5.74) is 0. The van der Waals surface area contributed by atoms with Crippen molar-refractivity contribution in [3.05, 3.63) is 72.9 Å². The summed E-state index contributed by atoms with van der Waals surface area (Å²) in [5, 5.41) is 0. The zero-order valence-electron chi connectivity index (χ0n) is 39.2. The molecular weight excluding hydrogens is 745 g/mol. The molecule has 0 heterocycles. The molecule has 0 aromatic heterocycles. The number of hydrogen-bond acceptors (Lipinski definition) is 6. The first-order valence-electron chi connectivity index (χ1n) is 24.9. The molecule has 0 fully saturated rings. The fourth-order valence-corrected chi connectivity index (χ4v) is 6.71. The maximum atomic E-state index is 12.8. The number of carbonyl (C=O) groups excluding carboxylic acids is 3. The second kappa shape index (κ2) is 48.5. The van der Waals surface area contributed by atoms with E-state index in [1.165, 1.54) is 96.3 Å². The molecule has 0 N–H and O–H groups in total. The molecule has 1 unspecified atom stereocenters. The van der Waals surface area contributed by atoms with Gasteiger partial charge >= 0.3 is 17.9 Å². The molecule has 60 heavy (non-hydrogen) atoms. The third-order valence-corrected chi connectivity index (χ3v) is 10.4. The van der Waals surface area contributed by atoms with Crippen molar-refractivity contribution in [2.24, 2.45) is 0 Å². The summed E-state index contributed by atoms with van der Waals surface area (Å²) in [6, 6.07) is 0. The fraction of sp³-hybridized carbons (Fsp3) is 0.722. The van der Waals surface area contributed by atoms with Crippen molar-refractivity contribution in [2.75, 3.05) is 13.2 Å². The monoisotopic (exact) mass is 837 g/mol. The SMILES string of the molecule is CC/C=C\C/C=C\C/C=C\CCCCCCCCC(=O)OC(COC(=O)CCC/C=C\C/C=C\C/C=C\CCCCCCCC)COC(=O)CCCCCCCCCCC. The maximum Gasteiger partial charge on any atom is 0.306 e. The van der Waals surface area contributed by atoms with Crippen LogP contribution in [-0.2, 0) is 28.6 Å². The van der Waals surface area contributed by atoms with Crippen LogP contribution in [0.2, 0.25) is 0 Å². The third kappa shape index (κ3) is 45.9. The average Bonchev–Trinajstić information content (AvgIpc) is 3.24. The second-order valence-electron chi connectivity index (χ2n) is 16.3. The number of ether oxygens (including phenoxy) is 3. The first-order valence-corrected chi connectivity index (χ1v) is 24.9. The number of unbranched alkanes of at least 4 members (excludes halogenated alkanes) is 21. The van der Waals surface area contributed by atoms with Crippen LogP contribution in [-0.4, -0.2) is 37.2 Å². The number of esters is 3. The Morgan fingerprint density at radius 3 is 1.08 bits per heavy atom. The molecule has 6 heteroatoms. The van der Waals surface area contributed by atoms with Crippen molar-refractivity contribution in [1.82, 2.24) is 0 Å². The Morgan fingerprint density at radius 1 is 0.350 bits per heavy atom. The molecule has 0 saturated carbocycles. The van der Waals surface area contributed by atoms with Gasteiger partial charge in [0.05, 0.1) is 0 Å². The van der Waals surface area contributed by atoms with Gasteiger partial charge in [-0.25, -0.2) is 0 Å². The third-order valence-electron chi connectivity index (χ3n) is 10.4. The molecular formula is C54H92O6. The first kappa shape index (κ1) is 56.9. The van der Waals surface area contributed by atoms with Crippen molar-refractivity contribution < 1.29 is 28.6 Å². The van der Waals surface area contributed by atoms with E-state index in [0.29, 0.717) is 19.3 Å². The quantitative estimate of drug-likeness (QED) is 0.0263. The van der Waals surface area contributed by atoms with E-state index >= 15 is 0 Å². The van der Waals surface area contributed by atoms with Crippen LogP contribution in [0.1, 0.15) is 233 Å². The van der Waals surface area contributed by atoms with Crippen molar-refractivity contribution in [1.29, 1.82) is 0 Å². The van der Waals surface area contributed by atoms with Crippen molar-refractivity contribution in [2.45, 2.75) is 239 Å². The van der Waals surface area contributed by atoms with Gasteiger partial charge in [0.25, 0.3) is 0 Å². The van der Waals surface area contributed by atoms with Gasteiger partial charge in [0, 0.05) is 19.3 Å².